The van der Waals surface area contributed by atoms with Crippen molar-refractivity contribution in [1.82, 2.24) is 0 Å². The van der Waals surface area contributed by atoms with Crippen LogP contribution in [0, 0.1) is 0 Å². The highest BCUT2D eigenvalue weighted by atomic mass is 28.4. The minimum absolute atomic E-state index is 0.161. The maximum Gasteiger partial charge on any atom is 0.423 e. The molecule has 0 heterocycles. The average Bonchev–Trinajstić information content (AvgIpc) is 2.20. The molecule has 83 valence electrons. The second-order valence-electron chi connectivity index (χ2n) is 3.00. The Bertz CT molecular complexity index is 114. The molecule has 0 N–H and O–H groups in total. The molecular weight excluding hydrogens is 212 g/mol. The van der Waals surface area contributed by atoms with Crippen LogP contribution in [0.2, 0.25) is 6.04 Å². The predicted molar refractivity (Wildman–Crippen MR) is 60.2 cm³/mol. The van der Waals surface area contributed by atoms with Gasteiger partial charge in [-0.3, -0.25) is 0 Å². The van der Waals surface area contributed by atoms with E-state index in [1.165, 1.54) is 0 Å². The fraction of sp³-hybridized carbons (Fsp3) is 1.00. The van der Waals surface area contributed by atoms with Crippen molar-refractivity contribution in [2.45, 2.75) is 46.1 Å². The van der Waals surface area contributed by atoms with Gasteiger partial charge in [0, 0.05) is 13.2 Å². The lowest BCUT2D eigenvalue weighted by atomic mass is 10.5. The summed E-state index contributed by atoms with van der Waals surface area (Å²) in [6, 6.07) is 1.05. The van der Waals surface area contributed by atoms with Crippen LogP contribution in [0.5, 0.6) is 0 Å². The SMILES string of the molecule is CCCO[Si]O[Si](CCC)OCCC. The van der Waals surface area contributed by atoms with Gasteiger partial charge in [0.1, 0.15) is 0 Å². The van der Waals surface area contributed by atoms with E-state index in [2.05, 4.69) is 20.8 Å². The van der Waals surface area contributed by atoms with Crippen molar-refractivity contribution in [3.05, 3.63) is 0 Å². The third-order valence-electron chi connectivity index (χ3n) is 1.44. The van der Waals surface area contributed by atoms with Gasteiger partial charge in [0.05, 0.1) is 0 Å². The summed E-state index contributed by atoms with van der Waals surface area (Å²) in [6.07, 6.45) is 3.22. The molecule has 0 aliphatic heterocycles. The van der Waals surface area contributed by atoms with Crippen LogP contribution < -0.4 is 0 Å². The smallest absolute Gasteiger partial charge is 0.412 e. The van der Waals surface area contributed by atoms with Crippen molar-refractivity contribution in [3.63, 3.8) is 0 Å². The van der Waals surface area contributed by atoms with Crippen LogP contribution in [-0.4, -0.2) is 32.5 Å². The minimum Gasteiger partial charge on any atom is -0.412 e. The average molecular weight is 233 g/mol. The highest BCUT2D eigenvalue weighted by Gasteiger charge is 2.14. The van der Waals surface area contributed by atoms with Crippen LogP contribution >= 0.6 is 0 Å². The lowest BCUT2D eigenvalue weighted by molar-refractivity contribution is 0.233. The molecule has 0 spiro atoms. The summed E-state index contributed by atoms with van der Waals surface area (Å²) in [5.74, 6) is 0. The normalized spacial score (nSPS) is 11.1. The molecule has 3 nitrogen and oxygen atoms in total. The van der Waals surface area contributed by atoms with Gasteiger partial charge in [-0.05, 0) is 18.9 Å². The highest BCUT2D eigenvalue weighted by Crippen LogP contribution is 2.01. The first-order chi connectivity index (χ1) is 6.85. The van der Waals surface area contributed by atoms with Crippen LogP contribution in [0.4, 0.5) is 0 Å². The van der Waals surface area contributed by atoms with E-state index in [4.69, 9.17) is 13.0 Å². The molecule has 0 bridgehead atoms. The second-order valence-corrected chi connectivity index (χ2v) is 5.81. The third-order valence-corrected chi connectivity index (χ3v) is 4.44. The summed E-state index contributed by atoms with van der Waals surface area (Å²) in [7, 11) is -0.891. The lowest BCUT2D eigenvalue weighted by Gasteiger charge is -2.13. The molecular formula is C9H21O3Si2. The Labute approximate surface area is 92.0 Å². The Morgan fingerprint density at radius 1 is 1.00 bits per heavy atom. The fourth-order valence-corrected chi connectivity index (χ4v) is 3.32. The van der Waals surface area contributed by atoms with Gasteiger partial charge in [-0.15, -0.1) is 0 Å². The fourth-order valence-electron chi connectivity index (χ4n) is 0.792. The largest absolute Gasteiger partial charge is 0.423 e. The molecule has 0 aliphatic rings. The Balaban J connectivity index is 3.40. The van der Waals surface area contributed by atoms with Crippen molar-refractivity contribution in [3.8, 4) is 0 Å². The van der Waals surface area contributed by atoms with E-state index in [0.717, 1.165) is 38.5 Å². The molecule has 3 radical (unpaired) electrons. The zero-order chi connectivity index (χ0) is 10.6. The van der Waals surface area contributed by atoms with Crippen LogP contribution in [0.25, 0.3) is 0 Å². The van der Waals surface area contributed by atoms with E-state index in [0.29, 0.717) is 0 Å². The van der Waals surface area contributed by atoms with Gasteiger partial charge in [0.25, 0.3) is 0 Å². The predicted octanol–water partition coefficient (Wildman–Crippen LogP) is 2.29. The summed E-state index contributed by atoms with van der Waals surface area (Å²) in [4.78, 5) is 0. The molecule has 0 fully saturated rings. The summed E-state index contributed by atoms with van der Waals surface area (Å²) in [6.45, 7) is 7.96. The van der Waals surface area contributed by atoms with Gasteiger partial charge in [0.15, 0.2) is 0 Å². The molecule has 0 amide bonds. The van der Waals surface area contributed by atoms with Crippen molar-refractivity contribution < 1.29 is 13.0 Å². The maximum absolute atomic E-state index is 5.62. The molecule has 14 heavy (non-hydrogen) atoms. The zero-order valence-electron chi connectivity index (χ0n) is 9.47. The van der Waals surface area contributed by atoms with Crippen molar-refractivity contribution in [2.75, 3.05) is 13.2 Å². The maximum atomic E-state index is 5.62. The summed E-state index contributed by atoms with van der Waals surface area (Å²) in [5, 5.41) is 0. The van der Waals surface area contributed by atoms with Crippen molar-refractivity contribution in [1.29, 1.82) is 0 Å². The number of hydrogen-bond donors (Lipinski definition) is 0. The molecule has 0 aromatic carbocycles. The van der Waals surface area contributed by atoms with E-state index in [-0.39, 0.29) is 10.0 Å². The van der Waals surface area contributed by atoms with Crippen LogP contribution in [0.15, 0.2) is 0 Å². The first-order valence-corrected chi connectivity index (χ1v) is 7.71. The van der Waals surface area contributed by atoms with Crippen LogP contribution in [0.3, 0.4) is 0 Å². The van der Waals surface area contributed by atoms with E-state index >= 15 is 0 Å². The summed E-state index contributed by atoms with van der Waals surface area (Å²) < 4.78 is 16.5. The van der Waals surface area contributed by atoms with Gasteiger partial charge in [-0.2, -0.15) is 0 Å². The first kappa shape index (κ1) is 14.3. The Hall–Kier alpha value is 0.314. The molecule has 0 aromatic heterocycles. The minimum atomic E-state index is -1.05. The lowest BCUT2D eigenvalue weighted by Crippen LogP contribution is -2.26. The molecule has 0 saturated carbocycles. The van der Waals surface area contributed by atoms with Gasteiger partial charge in [-0.1, -0.05) is 27.2 Å². The van der Waals surface area contributed by atoms with Gasteiger partial charge < -0.3 is 13.0 Å². The Morgan fingerprint density at radius 2 is 1.71 bits per heavy atom. The Kier molecular flexibility index (Phi) is 11.6. The summed E-state index contributed by atoms with van der Waals surface area (Å²) in [5.41, 5.74) is 0. The monoisotopic (exact) mass is 233 g/mol. The topological polar surface area (TPSA) is 27.7 Å². The number of rotatable bonds is 10. The Morgan fingerprint density at radius 3 is 2.29 bits per heavy atom. The van der Waals surface area contributed by atoms with Crippen LogP contribution in [-0.2, 0) is 13.0 Å². The van der Waals surface area contributed by atoms with Gasteiger partial charge in [-0.25, -0.2) is 0 Å². The third kappa shape index (κ3) is 8.89. The van der Waals surface area contributed by atoms with Crippen molar-refractivity contribution in [2.24, 2.45) is 0 Å². The molecule has 0 atom stereocenters. The van der Waals surface area contributed by atoms with E-state index in [1.807, 2.05) is 0 Å². The quantitative estimate of drug-likeness (QED) is 0.428. The molecule has 0 rings (SSSR count). The standard InChI is InChI=1S/C9H21O3Si2/c1-4-7-10-13-12-14(9-6-3)11-8-5-2/h4-9H2,1-3H3. The van der Waals surface area contributed by atoms with E-state index < -0.39 is 9.28 Å². The zero-order valence-corrected chi connectivity index (χ0v) is 11.5. The molecule has 0 unspecified atom stereocenters. The highest BCUT2D eigenvalue weighted by molar-refractivity contribution is 6.51. The number of hydrogen-bond acceptors (Lipinski definition) is 3. The molecule has 5 heteroatoms. The molecule has 0 aliphatic carbocycles. The van der Waals surface area contributed by atoms with Gasteiger partial charge in [0.2, 0.25) is 0 Å². The molecule has 0 saturated heterocycles. The van der Waals surface area contributed by atoms with E-state index in [1.54, 1.807) is 0 Å². The molecule has 0 aromatic rings. The van der Waals surface area contributed by atoms with Crippen LogP contribution in [0.1, 0.15) is 40.0 Å². The van der Waals surface area contributed by atoms with Gasteiger partial charge >= 0.3 is 19.3 Å². The summed E-state index contributed by atoms with van der Waals surface area (Å²) >= 11 is 0. The first-order valence-electron chi connectivity index (χ1n) is 5.37. The van der Waals surface area contributed by atoms with Crippen molar-refractivity contribution >= 4 is 19.3 Å². The second kappa shape index (κ2) is 11.4. The van der Waals surface area contributed by atoms with E-state index in [9.17, 15) is 0 Å².